The van der Waals surface area contributed by atoms with E-state index in [0.717, 1.165) is 32.5 Å². The molecule has 2 N–H and O–H groups in total. The number of carboxylic acid groups (broad SMARTS) is 1. The van der Waals surface area contributed by atoms with Crippen LogP contribution in [0.1, 0.15) is 38.5 Å². The lowest BCUT2D eigenvalue weighted by atomic mass is 10.1. The molecule has 1 amide bonds. The van der Waals surface area contributed by atoms with Crippen molar-refractivity contribution in [1.82, 2.24) is 10.2 Å². The van der Waals surface area contributed by atoms with Crippen LogP contribution < -0.4 is 5.32 Å². The fourth-order valence-corrected chi connectivity index (χ4v) is 2.41. The zero-order valence-electron chi connectivity index (χ0n) is 11.8. The largest absolute Gasteiger partial charge is 0.481 e. The second-order valence-electron chi connectivity index (χ2n) is 5.57. The number of aliphatic carboxylic acids is 1. The SMILES string of the molecule is O=C(O)CCOC1CCN(C(=O)CCNC2CC2)CC1. The van der Waals surface area contributed by atoms with Crippen LogP contribution in [0, 0.1) is 0 Å². The number of rotatable bonds is 8. The maximum atomic E-state index is 12.0. The number of likely N-dealkylation sites (tertiary alicyclic amines) is 1. The summed E-state index contributed by atoms with van der Waals surface area (Å²) in [5.74, 6) is -0.622. The van der Waals surface area contributed by atoms with Crippen molar-refractivity contribution in [3.63, 3.8) is 0 Å². The molecular formula is C14H24N2O4. The molecule has 0 aromatic carbocycles. The third-order valence-corrected chi connectivity index (χ3v) is 3.81. The van der Waals surface area contributed by atoms with Crippen LogP contribution in [0.15, 0.2) is 0 Å². The summed E-state index contributed by atoms with van der Waals surface area (Å²) in [5.41, 5.74) is 0. The fraction of sp³-hybridized carbons (Fsp3) is 0.857. The van der Waals surface area contributed by atoms with Gasteiger partial charge in [0.2, 0.25) is 5.91 Å². The van der Waals surface area contributed by atoms with Crippen LogP contribution in [0.25, 0.3) is 0 Å². The first-order valence-electron chi connectivity index (χ1n) is 7.49. The summed E-state index contributed by atoms with van der Waals surface area (Å²) >= 11 is 0. The van der Waals surface area contributed by atoms with Crippen molar-refractivity contribution in [2.45, 2.75) is 50.7 Å². The molecular weight excluding hydrogens is 260 g/mol. The minimum Gasteiger partial charge on any atom is -0.481 e. The first-order valence-corrected chi connectivity index (χ1v) is 7.49. The van der Waals surface area contributed by atoms with Crippen molar-refractivity contribution >= 4 is 11.9 Å². The lowest BCUT2D eigenvalue weighted by molar-refractivity contribution is -0.139. The van der Waals surface area contributed by atoms with E-state index in [1.165, 1.54) is 12.8 Å². The highest BCUT2D eigenvalue weighted by Crippen LogP contribution is 2.18. The highest BCUT2D eigenvalue weighted by molar-refractivity contribution is 5.76. The van der Waals surface area contributed by atoms with Crippen molar-refractivity contribution in [3.05, 3.63) is 0 Å². The molecule has 6 nitrogen and oxygen atoms in total. The predicted molar refractivity (Wildman–Crippen MR) is 73.4 cm³/mol. The molecule has 114 valence electrons. The van der Waals surface area contributed by atoms with E-state index in [4.69, 9.17) is 9.84 Å². The summed E-state index contributed by atoms with van der Waals surface area (Å²) in [6.07, 6.45) is 4.82. The molecule has 20 heavy (non-hydrogen) atoms. The van der Waals surface area contributed by atoms with Crippen LogP contribution in [-0.2, 0) is 14.3 Å². The zero-order valence-corrected chi connectivity index (χ0v) is 11.8. The Labute approximate surface area is 119 Å². The summed E-state index contributed by atoms with van der Waals surface area (Å²) in [7, 11) is 0. The van der Waals surface area contributed by atoms with Gasteiger partial charge >= 0.3 is 5.97 Å². The summed E-state index contributed by atoms with van der Waals surface area (Å²) in [6, 6.07) is 0.649. The van der Waals surface area contributed by atoms with Crippen LogP contribution in [0.3, 0.4) is 0 Å². The van der Waals surface area contributed by atoms with E-state index in [0.29, 0.717) is 12.5 Å². The fourth-order valence-electron chi connectivity index (χ4n) is 2.41. The van der Waals surface area contributed by atoms with E-state index >= 15 is 0 Å². The average Bonchev–Trinajstić information content (AvgIpc) is 3.23. The Morgan fingerprint density at radius 3 is 2.45 bits per heavy atom. The van der Waals surface area contributed by atoms with Crippen LogP contribution in [-0.4, -0.2) is 60.3 Å². The minimum atomic E-state index is -0.833. The molecule has 1 heterocycles. The molecule has 2 fully saturated rings. The highest BCUT2D eigenvalue weighted by atomic mass is 16.5. The number of carbonyl (C=O) groups is 2. The van der Waals surface area contributed by atoms with Crippen LogP contribution in [0.4, 0.5) is 0 Å². The summed E-state index contributed by atoms with van der Waals surface area (Å²) in [6.45, 7) is 2.48. The zero-order chi connectivity index (χ0) is 14.4. The molecule has 2 aliphatic rings. The summed E-state index contributed by atoms with van der Waals surface area (Å²) in [5, 5.41) is 11.9. The number of amides is 1. The van der Waals surface area contributed by atoms with Crippen LogP contribution in [0.5, 0.6) is 0 Å². The van der Waals surface area contributed by atoms with Gasteiger partial charge in [0.25, 0.3) is 0 Å². The van der Waals surface area contributed by atoms with Gasteiger partial charge in [0, 0.05) is 32.1 Å². The topological polar surface area (TPSA) is 78.9 Å². The Kier molecular flexibility index (Phi) is 5.79. The molecule has 0 radical (unpaired) electrons. The van der Waals surface area contributed by atoms with Crippen LogP contribution in [0.2, 0.25) is 0 Å². The molecule has 1 aliphatic heterocycles. The molecule has 0 aromatic rings. The number of carbonyl (C=O) groups excluding carboxylic acids is 1. The van der Waals surface area contributed by atoms with E-state index in [2.05, 4.69) is 5.32 Å². The Hall–Kier alpha value is -1.14. The summed E-state index contributed by atoms with van der Waals surface area (Å²) < 4.78 is 5.51. The maximum Gasteiger partial charge on any atom is 0.305 e. The lowest BCUT2D eigenvalue weighted by Gasteiger charge is -2.32. The van der Waals surface area contributed by atoms with Gasteiger partial charge < -0.3 is 20.1 Å². The van der Waals surface area contributed by atoms with E-state index in [9.17, 15) is 9.59 Å². The molecule has 6 heteroatoms. The smallest absolute Gasteiger partial charge is 0.305 e. The second-order valence-corrected chi connectivity index (χ2v) is 5.57. The van der Waals surface area contributed by atoms with Crippen molar-refractivity contribution in [1.29, 1.82) is 0 Å². The number of ether oxygens (including phenoxy) is 1. The van der Waals surface area contributed by atoms with Gasteiger partial charge in [-0.3, -0.25) is 9.59 Å². The summed E-state index contributed by atoms with van der Waals surface area (Å²) in [4.78, 5) is 24.3. The number of hydrogen-bond acceptors (Lipinski definition) is 4. The first kappa shape index (κ1) is 15.3. The van der Waals surface area contributed by atoms with E-state index < -0.39 is 5.97 Å². The Morgan fingerprint density at radius 1 is 1.15 bits per heavy atom. The van der Waals surface area contributed by atoms with E-state index in [1.807, 2.05) is 4.90 Å². The van der Waals surface area contributed by atoms with Crippen molar-refractivity contribution in [2.24, 2.45) is 0 Å². The lowest BCUT2D eigenvalue weighted by Crippen LogP contribution is -2.42. The maximum absolute atomic E-state index is 12.0. The standard InChI is InChI=1S/C14H24N2O4/c17-13(3-7-15-11-1-2-11)16-8-4-12(5-9-16)20-10-6-14(18)19/h11-12,15H,1-10H2,(H,18,19). The number of piperidine rings is 1. The van der Waals surface area contributed by atoms with Gasteiger partial charge in [0.1, 0.15) is 0 Å². The first-order chi connectivity index (χ1) is 9.65. The van der Waals surface area contributed by atoms with Crippen molar-refractivity contribution < 1.29 is 19.4 Å². The van der Waals surface area contributed by atoms with Gasteiger partial charge in [-0.1, -0.05) is 0 Å². The minimum absolute atomic E-state index is 0.0476. The normalized spacial score (nSPS) is 20.1. The molecule has 0 aromatic heterocycles. The monoisotopic (exact) mass is 284 g/mol. The van der Waals surface area contributed by atoms with Gasteiger partial charge in [-0.05, 0) is 25.7 Å². The van der Waals surface area contributed by atoms with Gasteiger partial charge in [-0.15, -0.1) is 0 Å². The van der Waals surface area contributed by atoms with Gasteiger partial charge in [0.05, 0.1) is 19.1 Å². The third-order valence-electron chi connectivity index (χ3n) is 3.81. The third kappa shape index (κ3) is 5.46. The molecule has 0 atom stereocenters. The van der Waals surface area contributed by atoms with Gasteiger partial charge in [-0.2, -0.15) is 0 Å². The molecule has 0 spiro atoms. The Balaban J connectivity index is 1.55. The average molecular weight is 284 g/mol. The molecule has 0 unspecified atom stereocenters. The van der Waals surface area contributed by atoms with Gasteiger partial charge in [0.15, 0.2) is 0 Å². The Bertz CT molecular complexity index is 336. The predicted octanol–water partition coefficient (Wildman–Crippen LogP) is 0.611. The number of nitrogens with zero attached hydrogens (tertiary/aromatic N) is 1. The number of nitrogens with one attached hydrogen (secondary N) is 1. The van der Waals surface area contributed by atoms with Crippen molar-refractivity contribution in [2.75, 3.05) is 26.2 Å². The highest BCUT2D eigenvalue weighted by Gasteiger charge is 2.24. The Morgan fingerprint density at radius 2 is 1.85 bits per heavy atom. The van der Waals surface area contributed by atoms with E-state index in [-0.39, 0.29) is 25.0 Å². The van der Waals surface area contributed by atoms with Crippen LogP contribution >= 0.6 is 0 Å². The molecule has 1 saturated heterocycles. The van der Waals surface area contributed by atoms with Gasteiger partial charge in [-0.25, -0.2) is 0 Å². The number of carboxylic acids is 1. The molecule has 2 rings (SSSR count). The molecule has 0 bridgehead atoms. The second kappa shape index (κ2) is 7.59. The van der Waals surface area contributed by atoms with Crippen molar-refractivity contribution in [3.8, 4) is 0 Å². The quantitative estimate of drug-likeness (QED) is 0.683. The molecule has 1 saturated carbocycles. The number of hydrogen-bond donors (Lipinski definition) is 2. The molecule has 1 aliphatic carbocycles. The van der Waals surface area contributed by atoms with E-state index in [1.54, 1.807) is 0 Å².